The molecule has 3 aromatic heterocycles. The van der Waals surface area contributed by atoms with Gasteiger partial charge in [-0.2, -0.15) is 19.7 Å². The number of aromatic nitrogens is 6. The van der Waals surface area contributed by atoms with E-state index in [-0.39, 0.29) is 0 Å². The Labute approximate surface area is 128 Å². The Balaban J connectivity index is 1.93. The fourth-order valence-corrected chi connectivity index (χ4v) is 2.56. The van der Waals surface area contributed by atoms with Crippen molar-refractivity contribution in [3.05, 3.63) is 29.3 Å². The van der Waals surface area contributed by atoms with Crippen LogP contribution in [0.3, 0.4) is 0 Å². The van der Waals surface area contributed by atoms with Gasteiger partial charge in [0.05, 0.1) is 18.4 Å². The van der Waals surface area contributed by atoms with Gasteiger partial charge in [-0.05, 0) is 13.3 Å². The molecule has 3 rings (SSSR count). The van der Waals surface area contributed by atoms with E-state index in [4.69, 9.17) is 4.74 Å². The van der Waals surface area contributed by atoms with Crippen molar-refractivity contribution < 1.29 is 4.74 Å². The highest BCUT2D eigenvalue weighted by Gasteiger charge is 2.16. The van der Waals surface area contributed by atoms with Crippen LogP contribution in [0.5, 0.6) is 5.88 Å². The molecule has 0 aliphatic heterocycles. The average Bonchev–Trinajstić information content (AvgIpc) is 3.08. The van der Waals surface area contributed by atoms with Crippen LogP contribution in [0.25, 0.3) is 5.78 Å². The maximum atomic E-state index is 5.46. The van der Waals surface area contributed by atoms with Gasteiger partial charge in [0.2, 0.25) is 5.88 Å². The van der Waals surface area contributed by atoms with E-state index in [9.17, 15) is 0 Å². The summed E-state index contributed by atoms with van der Waals surface area (Å²) in [7, 11) is 3.54. The Kier molecular flexibility index (Phi) is 3.66. The standard InChI is InChI=1S/C14H19N7O/c1-5-11-10(13(22-4)20(3)19-11)7-15-12-6-9(2)18-14-16-8-17-21(12)14/h6,8,15H,5,7H2,1-4H3. The Hall–Kier alpha value is -2.64. The number of hydrogen-bond donors (Lipinski definition) is 1. The van der Waals surface area contributed by atoms with Gasteiger partial charge in [-0.15, -0.1) is 0 Å². The summed E-state index contributed by atoms with van der Waals surface area (Å²) < 4.78 is 8.90. The van der Waals surface area contributed by atoms with Crippen molar-refractivity contribution in [2.24, 2.45) is 7.05 Å². The van der Waals surface area contributed by atoms with Gasteiger partial charge in [-0.3, -0.25) is 0 Å². The average molecular weight is 301 g/mol. The molecule has 3 heterocycles. The molecule has 0 fully saturated rings. The molecule has 0 bridgehead atoms. The van der Waals surface area contributed by atoms with E-state index in [1.54, 1.807) is 16.3 Å². The van der Waals surface area contributed by atoms with Crippen LogP contribution in [0.1, 0.15) is 23.9 Å². The lowest BCUT2D eigenvalue weighted by Crippen LogP contribution is -2.08. The van der Waals surface area contributed by atoms with Gasteiger partial charge in [0.1, 0.15) is 12.1 Å². The number of nitrogens with one attached hydrogen (secondary N) is 1. The van der Waals surface area contributed by atoms with Gasteiger partial charge >= 0.3 is 0 Å². The van der Waals surface area contributed by atoms with Crippen LogP contribution in [0.4, 0.5) is 5.82 Å². The molecular formula is C14H19N7O. The van der Waals surface area contributed by atoms with Gasteiger partial charge in [0.15, 0.2) is 0 Å². The van der Waals surface area contributed by atoms with Crippen LogP contribution in [0.15, 0.2) is 12.4 Å². The maximum absolute atomic E-state index is 5.46. The van der Waals surface area contributed by atoms with Crippen molar-refractivity contribution in [1.29, 1.82) is 0 Å². The molecule has 1 N–H and O–H groups in total. The molecule has 8 heteroatoms. The number of nitrogens with zero attached hydrogens (tertiary/aromatic N) is 6. The first-order valence-electron chi connectivity index (χ1n) is 7.14. The molecule has 0 unspecified atom stereocenters. The highest BCUT2D eigenvalue weighted by atomic mass is 16.5. The Morgan fingerprint density at radius 2 is 2.18 bits per heavy atom. The maximum Gasteiger partial charge on any atom is 0.254 e. The molecule has 0 aliphatic carbocycles. The van der Waals surface area contributed by atoms with Crippen molar-refractivity contribution in [3.8, 4) is 5.88 Å². The molecule has 0 aliphatic rings. The van der Waals surface area contributed by atoms with Crippen LogP contribution >= 0.6 is 0 Å². The third-order valence-corrected chi connectivity index (χ3v) is 3.53. The predicted octanol–water partition coefficient (Wildman–Crippen LogP) is 1.35. The lowest BCUT2D eigenvalue weighted by Gasteiger charge is -2.10. The fraction of sp³-hybridized carbons (Fsp3) is 0.429. The number of hydrogen-bond acceptors (Lipinski definition) is 6. The first-order chi connectivity index (χ1) is 10.6. The highest BCUT2D eigenvalue weighted by molar-refractivity contribution is 5.46. The number of rotatable bonds is 5. The second-order valence-electron chi connectivity index (χ2n) is 5.02. The van der Waals surface area contributed by atoms with E-state index in [0.29, 0.717) is 12.3 Å². The molecule has 0 amide bonds. The minimum atomic E-state index is 0.580. The van der Waals surface area contributed by atoms with Gasteiger partial charge in [-0.1, -0.05) is 6.92 Å². The Bertz CT molecular complexity index is 805. The lowest BCUT2D eigenvalue weighted by atomic mass is 10.2. The van der Waals surface area contributed by atoms with E-state index in [1.807, 2.05) is 20.0 Å². The summed E-state index contributed by atoms with van der Waals surface area (Å²) in [6.45, 7) is 4.61. The zero-order chi connectivity index (χ0) is 15.7. The van der Waals surface area contributed by atoms with E-state index in [0.717, 1.165) is 35.1 Å². The van der Waals surface area contributed by atoms with E-state index in [1.165, 1.54) is 6.33 Å². The molecule has 116 valence electrons. The third-order valence-electron chi connectivity index (χ3n) is 3.53. The largest absolute Gasteiger partial charge is 0.481 e. The number of fused-ring (bicyclic) bond motifs is 1. The predicted molar refractivity (Wildman–Crippen MR) is 82.0 cm³/mol. The SMILES string of the molecule is CCc1nn(C)c(OC)c1CNc1cc(C)nc2ncnn12. The van der Waals surface area contributed by atoms with Crippen LogP contribution in [-0.2, 0) is 20.0 Å². The Morgan fingerprint density at radius 1 is 1.36 bits per heavy atom. The van der Waals surface area contributed by atoms with Crippen LogP contribution < -0.4 is 10.1 Å². The zero-order valence-electron chi connectivity index (χ0n) is 13.2. The minimum absolute atomic E-state index is 0.580. The van der Waals surface area contributed by atoms with Crippen molar-refractivity contribution >= 4 is 11.6 Å². The molecule has 0 saturated heterocycles. The fourth-order valence-electron chi connectivity index (χ4n) is 2.56. The molecular weight excluding hydrogens is 282 g/mol. The first-order valence-corrected chi connectivity index (χ1v) is 7.14. The van der Waals surface area contributed by atoms with E-state index >= 15 is 0 Å². The molecule has 0 atom stereocenters. The first kappa shape index (κ1) is 14.3. The molecule has 0 aromatic carbocycles. The summed E-state index contributed by atoms with van der Waals surface area (Å²) in [6, 6.07) is 1.94. The van der Waals surface area contributed by atoms with Crippen LogP contribution in [-0.4, -0.2) is 36.5 Å². The van der Waals surface area contributed by atoms with Crippen LogP contribution in [0, 0.1) is 6.92 Å². The van der Waals surface area contributed by atoms with Gasteiger partial charge < -0.3 is 10.1 Å². The number of ether oxygens (including phenoxy) is 1. The number of anilines is 1. The summed E-state index contributed by atoms with van der Waals surface area (Å²) in [5.74, 6) is 2.19. The van der Waals surface area contributed by atoms with Gasteiger partial charge in [-0.25, -0.2) is 9.67 Å². The summed E-state index contributed by atoms with van der Waals surface area (Å²) in [5, 5.41) is 12.1. The monoisotopic (exact) mass is 301 g/mol. The smallest absolute Gasteiger partial charge is 0.254 e. The lowest BCUT2D eigenvalue weighted by molar-refractivity contribution is 0.369. The summed E-state index contributed by atoms with van der Waals surface area (Å²) in [5.41, 5.74) is 2.96. The number of aryl methyl sites for hydroxylation is 3. The summed E-state index contributed by atoms with van der Waals surface area (Å²) in [4.78, 5) is 8.46. The topological polar surface area (TPSA) is 82.2 Å². The van der Waals surface area contributed by atoms with Crippen molar-refractivity contribution in [1.82, 2.24) is 29.4 Å². The van der Waals surface area contributed by atoms with E-state index in [2.05, 4.69) is 32.4 Å². The molecule has 0 spiro atoms. The van der Waals surface area contributed by atoms with E-state index < -0.39 is 0 Å². The van der Waals surface area contributed by atoms with Crippen molar-refractivity contribution in [3.63, 3.8) is 0 Å². The highest BCUT2D eigenvalue weighted by Crippen LogP contribution is 2.23. The van der Waals surface area contributed by atoms with Gasteiger partial charge in [0.25, 0.3) is 5.78 Å². The second kappa shape index (κ2) is 5.63. The van der Waals surface area contributed by atoms with Crippen LogP contribution in [0.2, 0.25) is 0 Å². The molecule has 0 radical (unpaired) electrons. The quantitative estimate of drug-likeness (QED) is 0.766. The molecule has 0 saturated carbocycles. The Morgan fingerprint density at radius 3 is 2.91 bits per heavy atom. The molecule has 3 aromatic rings. The summed E-state index contributed by atoms with van der Waals surface area (Å²) >= 11 is 0. The second-order valence-corrected chi connectivity index (χ2v) is 5.02. The van der Waals surface area contributed by atoms with Gasteiger partial charge in [0, 0.05) is 25.4 Å². The van der Waals surface area contributed by atoms with Crippen molar-refractivity contribution in [2.75, 3.05) is 12.4 Å². The third kappa shape index (κ3) is 2.36. The number of methoxy groups -OCH3 is 1. The van der Waals surface area contributed by atoms with Crippen molar-refractivity contribution in [2.45, 2.75) is 26.8 Å². The summed E-state index contributed by atoms with van der Waals surface area (Å²) in [6.07, 6.45) is 2.34. The minimum Gasteiger partial charge on any atom is -0.481 e. The molecule has 8 nitrogen and oxygen atoms in total. The zero-order valence-corrected chi connectivity index (χ0v) is 13.2. The molecule has 22 heavy (non-hydrogen) atoms. The normalized spacial score (nSPS) is 11.1.